The second-order valence-electron chi connectivity index (χ2n) is 4.66. The molecule has 0 saturated carbocycles. The Kier molecular flexibility index (Phi) is 2.94. The zero-order valence-electron chi connectivity index (χ0n) is 10.8. The Bertz CT molecular complexity index is 849. The third-order valence-electron chi connectivity index (χ3n) is 3.30. The molecule has 0 bridgehead atoms. The largest absolute Gasteiger partial charge is 0.399 e. The fourth-order valence-corrected chi connectivity index (χ4v) is 3.77. The minimum absolute atomic E-state index is 0.0198. The molecule has 1 aliphatic heterocycles. The normalized spacial score (nSPS) is 16.0. The van der Waals surface area contributed by atoms with E-state index in [0.717, 1.165) is 0 Å². The fraction of sp³-hybridized carbons (Fsp3) is 0.0714. The molecular weight excluding hydrogens is 295 g/mol. The zero-order chi connectivity index (χ0) is 15.2. The molecule has 0 atom stereocenters. The van der Waals surface area contributed by atoms with Gasteiger partial charge in [-0.2, -0.15) is 0 Å². The molecule has 0 aromatic heterocycles. The van der Waals surface area contributed by atoms with Crippen LogP contribution in [-0.4, -0.2) is 18.6 Å². The average Bonchev–Trinajstić information content (AvgIpc) is 2.62. The Morgan fingerprint density at radius 2 is 1.86 bits per heavy atom. The molecule has 1 heterocycles. The molecule has 108 valence electrons. The van der Waals surface area contributed by atoms with E-state index in [1.165, 1.54) is 36.4 Å². The van der Waals surface area contributed by atoms with Crippen LogP contribution in [0.4, 0.5) is 10.1 Å². The first-order chi connectivity index (χ1) is 9.91. The van der Waals surface area contributed by atoms with Crippen LogP contribution >= 0.6 is 0 Å². The molecule has 0 saturated heterocycles. The number of sulfonamides is 1. The smallest absolute Gasteiger partial charge is 0.269 e. The molecule has 2 aromatic rings. The van der Waals surface area contributed by atoms with Gasteiger partial charge in [-0.3, -0.25) is 4.79 Å². The summed E-state index contributed by atoms with van der Waals surface area (Å²) in [5.74, 6) is -1.25. The third kappa shape index (κ3) is 2.06. The number of nitrogen functional groups attached to an aromatic ring is 1. The summed E-state index contributed by atoms with van der Waals surface area (Å²) in [5, 5.41) is 0. The number of nitrogens with zero attached hydrogens (tertiary/aromatic N) is 1. The molecular formula is C14H11FN2O3S. The summed E-state index contributed by atoms with van der Waals surface area (Å²) >= 11 is 0. The van der Waals surface area contributed by atoms with E-state index >= 15 is 0 Å². The topological polar surface area (TPSA) is 80.5 Å². The van der Waals surface area contributed by atoms with E-state index in [9.17, 15) is 17.6 Å². The molecule has 0 radical (unpaired) electrons. The quantitative estimate of drug-likeness (QED) is 0.857. The van der Waals surface area contributed by atoms with Gasteiger partial charge in [0.25, 0.3) is 15.9 Å². The van der Waals surface area contributed by atoms with Crippen molar-refractivity contribution in [1.29, 1.82) is 0 Å². The van der Waals surface area contributed by atoms with Crippen LogP contribution in [0.3, 0.4) is 0 Å². The van der Waals surface area contributed by atoms with Crippen molar-refractivity contribution in [3.05, 3.63) is 59.4 Å². The second-order valence-corrected chi connectivity index (χ2v) is 6.49. The molecule has 5 nitrogen and oxygen atoms in total. The van der Waals surface area contributed by atoms with Crippen LogP contribution in [0.5, 0.6) is 0 Å². The van der Waals surface area contributed by atoms with Crippen molar-refractivity contribution < 1.29 is 17.6 Å². The number of benzene rings is 2. The highest BCUT2D eigenvalue weighted by atomic mass is 32.2. The SMILES string of the molecule is Nc1ccc2c(c1)C(=O)N(Cc1ccccc1F)S2(=O)=O. The first kappa shape index (κ1) is 13.6. The Balaban J connectivity index is 2.07. The van der Waals surface area contributed by atoms with Gasteiger partial charge in [0, 0.05) is 11.3 Å². The summed E-state index contributed by atoms with van der Waals surface area (Å²) in [6.07, 6.45) is 0. The van der Waals surface area contributed by atoms with E-state index in [0.29, 0.717) is 9.99 Å². The standard InChI is InChI=1S/C14H11FN2O3S/c15-12-4-2-1-3-9(12)8-17-14(18)11-7-10(16)5-6-13(11)21(17,19)20/h1-7H,8,16H2. The van der Waals surface area contributed by atoms with Gasteiger partial charge in [-0.25, -0.2) is 17.1 Å². The minimum atomic E-state index is -3.97. The number of rotatable bonds is 2. The lowest BCUT2D eigenvalue weighted by atomic mass is 10.1. The number of halogens is 1. The van der Waals surface area contributed by atoms with Crippen molar-refractivity contribution in [1.82, 2.24) is 4.31 Å². The minimum Gasteiger partial charge on any atom is -0.399 e. The Hall–Kier alpha value is -2.41. The number of hydrogen-bond acceptors (Lipinski definition) is 4. The summed E-state index contributed by atoms with van der Waals surface area (Å²) < 4.78 is 39.1. The Morgan fingerprint density at radius 3 is 2.57 bits per heavy atom. The highest BCUT2D eigenvalue weighted by Crippen LogP contribution is 2.32. The van der Waals surface area contributed by atoms with E-state index in [2.05, 4.69) is 0 Å². The molecule has 7 heteroatoms. The van der Waals surface area contributed by atoms with Crippen molar-refractivity contribution in [2.75, 3.05) is 5.73 Å². The van der Waals surface area contributed by atoms with Crippen LogP contribution in [0.1, 0.15) is 15.9 Å². The lowest BCUT2D eigenvalue weighted by Gasteiger charge is -2.15. The second kappa shape index (κ2) is 4.56. The molecule has 1 aliphatic rings. The number of anilines is 1. The molecule has 0 fully saturated rings. The van der Waals surface area contributed by atoms with Gasteiger partial charge in [0.2, 0.25) is 0 Å². The van der Waals surface area contributed by atoms with Crippen LogP contribution < -0.4 is 5.73 Å². The monoisotopic (exact) mass is 306 g/mol. The summed E-state index contributed by atoms with van der Waals surface area (Å²) in [7, 11) is -3.97. The maximum Gasteiger partial charge on any atom is 0.269 e. The molecule has 3 rings (SSSR count). The number of amides is 1. The predicted octanol–water partition coefficient (Wildman–Crippen LogP) is 1.75. The van der Waals surface area contributed by atoms with Gasteiger partial charge >= 0.3 is 0 Å². The summed E-state index contributed by atoms with van der Waals surface area (Å²) in [6.45, 7) is -0.345. The van der Waals surface area contributed by atoms with Gasteiger partial charge in [0.15, 0.2) is 0 Å². The van der Waals surface area contributed by atoms with Crippen LogP contribution in [0.15, 0.2) is 47.4 Å². The zero-order valence-corrected chi connectivity index (χ0v) is 11.6. The Morgan fingerprint density at radius 1 is 1.14 bits per heavy atom. The van der Waals surface area contributed by atoms with Gasteiger partial charge in [0.1, 0.15) is 10.7 Å². The number of carbonyl (C=O) groups is 1. The highest BCUT2D eigenvalue weighted by Gasteiger charge is 2.41. The van der Waals surface area contributed by atoms with Gasteiger partial charge in [-0.15, -0.1) is 0 Å². The molecule has 21 heavy (non-hydrogen) atoms. The molecule has 2 aromatic carbocycles. The summed E-state index contributed by atoms with van der Waals surface area (Å²) in [5.41, 5.74) is 6.03. The maximum atomic E-state index is 13.7. The number of nitrogens with two attached hydrogens (primary N) is 1. The third-order valence-corrected chi connectivity index (χ3v) is 5.09. The lowest BCUT2D eigenvalue weighted by molar-refractivity contribution is 0.0864. The fourth-order valence-electron chi connectivity index (χ4n) is 2.24. The molecule has 0 spiro atoms. The van der Waals surface area contributed by atoms with Gasteiger partial charge in [-0.1, -0.05) is 18.2 Å². The van der Waals surface area contributed by atoms with Gasteiger partial charge < -0.3 is 5.73 Å². The summed E-state index contributed by atoms with van der Waals surface area (Å²) in [4.78, 5) is 12.1. The highest BCUT2D eigenvalue weighted by molar-refractivity contribution is 7.90. The van der Waals surface area contributed by atoms with E-state index in [-0.39, 0.29) is 22.6 Å². The number of hydrogen-bond donors (Lipinski definition) is 1. The predicted molar refractivity (Wildman–Crippen MR) is 74.3 cm³/mol. The Labute approximate surface area is 120 Å². The molecule has 0 unspecified atom stereocenters. The molecule has 2 N–H and O–H groups in total. The van der Waals surface area contributed by atoms with Crippen molar-refractivity contribution in [2.45, 2.75) is 11.4 Å². The van der Waals surface area contributed by atoms with E-state index in [1.54, 1.807) is 6.07 Å². The van der Waals surface area contributed by atoms with Crippen LogP contribution in [0, 0.1) is 5.82 Å². The maximum absolute atomic E-state index is 13.7. The number of fused-ring (bicyclic) bond motifs is 1. The van der Waals surface area contributed by atoms with Crippen LogP contribution in [0.2, 0.25) is 0 Å². The summed E-state index contributed by atoms with van der Waals surface area (Å²) in [6, 6.07) is 9.75. The molecule has 0 aliphatic carbocycles. The van der Waals surface area contributed by atoms with Crippen molar-refractivity contribution in [2.24, 2.45) is 0 Å². The van der Waals surface area contributed by atoms with E-state index < -0.39 is 21.7 Å². The van der Waals surface area contributed by atoms with E-state index in [4.69, 9.17) is 5.73 Å². The lowest BCUT2D eigenvalue weighted by Crippen LogP contribution is -2.29. The van der Waals surface area contributed by atoms with Crippen molar-refractivity contribution >= 4 is 21.6 Å². The van der Waals surface area contributed by atoms with Crippen molar-refractivity contribution in [3.63, 3.8) is 0 Å². The van der Waals surface area contributed by atoms with E-state index in [1.807, 2.05) is 0 Å². The first-order valence-electron chi connectivity index (χ1n) is 6.11. The van der Waals surface area contributed by atoms with Gasteiger partial charge in [-0.05, 0) is 24.3 Å². The number of carbonyl (C=O) groups excluding carboxylic acids is 1. The van der Waals surface area contributed by atoms with Crippen LogP contribution in [-0.2, 0) is 16.6 Å². The average molecular weight is 306 g/mol. The van der Waals surface area contributed by atoms with Crippen molar-refractivity contribution in [3.8, 4) is 0 Å². The first-order valence-corrected chi connectivity index (χ1v) is 7.55. The van der Waals surface area contributed by atoms with Gasteiger partial charge in [0.05, 0.1) is 12.1 Å². The van der Waals surface area contributed by atoms with Crippen LogP contribution in [0.25, 0.3) is 0 Å². The molecule has 1 amide bonds.